The van der Waals surface area contributed by atoms with Crippen molar-refractivity contribution in [3.63, 3.8) is 0 Å². The van der Waals surface area contributed by atoms with Crippen LogP contribution in [-0.2, 0) is 4.79 Å². The summed E-state index contributed by atoms with van der Waals surface area (Å²) in [7, 11) is 0. The molecule has 1 aliphatic carbocycles. The molecule has 1 unspecified atom stereocenters. The number of hydrogen-bond acceptors (Lipinski definition) is 2. The van der Waals surface area contributed by atoms with Crippen LogP contribution in [0.4, 0.5) is 0 Å². The first-order valence-electron chi connectivity index (χ1n) is 6.74. The van der Waals surface area contributed by atoms with Gasteiger partial charge in [0.1, 0.15) is 0 Å². The standard InChI is InChI=1S/C13H24N2O/c14-12(16)13(7-4-8-15-10-13)9-11-5-2-1-3-6-11/h11,15H,1-10H2,(H2,14,16). The van der Waals surface area contributed by atoms with Crippen LogP contribution in [0, 0.1) is 11.3 Å². The van der Waals surface area contributed by atoms with Crippen LogP contribution >= 0.6 is 0 Å². The number of nitrogens with one attached hydrogen (secondary N) is 1. The van der Waals surface area contributed by atoms with Crippen molar-refractivity contribution in [1.82, 2.24) is 5.32 Å². The molecule has 0 aromatic carbocycles. The molecule has 1 heterocycles. The van der Waals surface area contributed by atoms with Gasteiger partial charge in [-0.3, -0.25) is 4.79 Å². The van der Waals surface area contributed by atoms with E-state index in [9.17, 15) is 4.79 Å². The normalized spacial score (nSPS) is 32.5. The molecule has 1 saturated heterocycles. The predicted octanol–water partition coefficient (Wildman–Crippen LogP) is 1.81. The number of nitrogens with two attached hydrogens (primary N) is 1. The molecule has 0 radical (unpaired) electrons. The second-order valence-corrected chi connectivity index (χ2v) is 5.63. The van der Waals surface area contributed by atoms with Crippen LogP contribution in [0.2, 0.25) is 0 Å². The van der Waals surface area contributed by atoms with Gasteiger partial charge in [0.15, 0.2) is 0 Å². The van der Waals surface area contributed by atoms with E-state index in [1.54, 1.807) is 0 Å². The molecule has 0 bridgehead atoms. The predicted molar refractivity (Wildman–Crippen MR) is 64.9 cm³/mol. The lowest BCUT2D eigenvalue weighted by Gasteiger charge is -2.38. The summed E-state index contributed by atoms with van der Waals surface area (Å²) in [5.41, 5.74) is 5.40. The van der Waals surface area contributed by atoms with E-state index in [4.69, 9.17) is 5.73 Å². The lowest BCUT2D eigenvalue weighted by atomic mass is 9.70. The van der Waals surface area contributed by atoms with Crippen molar-refractivity contribution in [3.8, 4) is 0 Å². The Kier molecular flexibility index (Phi) is 3.85. The first-order chi connectivity index (χ1) is 7.73. The Morgan fingerprint density at radius 2 is 2.00 bits per heavy atom. The Bertz CT molecular complexity index is 240. The van der Waals surface area contributed by atoms with Gasteiger partial charge in [0.05, 0.1) is 5.41 Å². The van der Waals surface area contributed by atoms with Crippen LogP contribution in [0.1, 0.15) is 51.4 Å². The van der Waals surface area contributed by atoms with Gasteiger partial charge in [-0.05, 0) is 31.7 Å². The molecule has 3 nitrogen and oxygen atoms in total. The first-order valence-corrected chi connectivity index (χ1v) is 6.74. The highest BCUT2D eigenvalue weighted by atomic mass is 16.1. The van der Waals surface area contributed by atoms with Crippen molar-refractivity contribution in [1.29, 1.82) is 0 Å². The minimum absolute atomic E-state index is 0.0785. The minimum Gasteiger partial charge on any atom is -0.369 e. The third kappa shape index (κ3) is 2.57. The number of carbonyl (C=O) groups excluding carboxylic acids is 1. The molecule has 1 amide bonds. The summed E-state index contributed by atoms with van der Waals surface area (Å²) in [6.45, 7) is 1.85. The molecule has 0 aromatic heterocycles. The van der Waals surface area contributed by atoms with E-state index in [0.717, 1.165) is 38.3 Å². The first kappa shape index (κ1) is 11.9. The Balaban J connectivity index is 1.98. The average molecular weight is 224 g/mol. The smallest absolute Gasteiger partial charge is 0.224 e. The fraction of sp³-hybridized carbons (Fsp3) is 0.923. The van der Waals surface area contributed by atoms with Crippen molar-refractivity contribution in [2.45, 2.75) is 51.4 Å². The van der Waals surface area contributed by atoms with Gasteiger partial charge in [0.2, 0.25) is 5.91 Å². The van der Waals surface area contributed by atoms with Crippen molar-refractivity contribution >= 4 is 5.91 Å². The summed E-state index contributed by atoms with van der Waals surface area (Å²) < 4.78 is 0. The highest BCUT2D eigenvalue weighted by Crippen LogP contribution is 2.38. The quantitative estimate of drug-likeness (QED) is 0.768. The Morgan fingerprint density at radius 1 is 1.25 bits per heavy atom. The van der Waals surface area contributed by atoms with Crippen molar-refractivity contribution in [2.75, 3.05) is 13.1 Å². The molecule has 16 heavy (non-hydrogen) atoms. The zero-order chi connectivity index (χ0) is 11.4. The van der Waals surface area contributed by atoms with E-state index in [1.807, 2.05) is 0 Å². The topological polar surface area (TPSA) is 55.1 Å². The molecule has 3 heteroatoms. The molecule has 1 aliphatic heterocycles. The fourth-order valence-electron chi connectivity index (χ4n) is 3.40. The molecule has 2 aliphatic rings. The number of primary amides is 1. The average Bonchev–Trinajstić information content (AvgIpc) is 2.31. The molecular weight excluding hydrogens is 200 g/mol. The molecule has 92 valence electrons. The number of piperidine rings is 1. The zero-order valence-electron chi connectivity index (χ0n) is 10.1. The molecular formula is C13H24N2O. The fourth-order valence-corrected chi connectivity index (χ4v) is 3.40. The number of carbonyl (C=O) groups is 1. The minimum atomic E-state index is -0.236. The van der Waals surface area contributed by atoms with Gasteiger partial charge < -0.3 is 11.1 Å². The van der Waals surface area contributed by atoms with Crippen LogP contribution in [0.5, 0.6) is 0 Å². The molecule has 0 spiro atoms. The van der Waals surface area contributed by atoms with Gasteiger partial charge in [0.25, 0.3) is 0 Å². The van der Waals surface area contributed by atoms with Crippen LogP contribution < -0.4 is 11.1 Å². The summed E-state index contributed by atoms with van der Waals surface area (Å²) in [5.74, 6) is 0.659. The highest BCUT2D eigenvalue weighted by molar-refractivity contribution is 5.81. The highest BCUT2D eigenvalue weighted by Gasteiger charge is 2.39. The van der Waals surface area contributed by atoms with Crippen LogP contribution in [0.25, 0.3) is 0 Å². The monoisotopic (exact) mass is 224 g/mol. The van der Waals surface area contributed by atoms with Gasteiger partial charge in [0, 0.05) is 6.54 Å². The molecule has 2 fully saturated rings. The van der Waals surface area contributed by atoms with E-state index in [2.05, 4.69) is 5.32 Å². The summed E-state index contributed by atoms with van der Waals surface area (Å²) in [5, 5.41) is 3.35. The van der Waals surface area contributed by atoms with E-state index < -0.39 is 0 Å². The van der Waals surface area contributed by atoms with Gasteiger partial charge in [-0.2, -0.15) is 0 Å². The molecule has 0 aromatic rings. The van der Waals surface area contributed by atoms with Gasteiger partial charge in [-0.25, -0.2) is 0 Å². The lowest BCUT2D eigenvalue weighted by molar-refractivity contribution is -0.130. The van der Waals surface area contributed by atoms with Crippen LogP contribution in [-0.4, -0.2) is 19.0 Å². The molecule has 1 saturated carbocycles. The van der Waals surface area contributed by atoms with Crippen molar-refractivity contribution in [3.05, 3.63) is 0 Å². The second kappa shape index (κ2) is 5.17. The van der Waals surface area contributed by atoms with Gasteiger partial charge in [-0.1, -0.05) is 32.1 Å². The van der Waals surface area contributed by atoms with E-state index in [1.165, 1.54) is 32.1 Å². The van der Waals surface area contributed by atoms with Gasteiger partial charge in [-0.15, -0.1) is 0 Å². The summed E-state index contributed by atoms with van der Waals surface area (Å²) >= 11 is 0. The number of rotatable bonds is 3. The molecule has 3 N–H and O–H groups in total. The largest absolute Gasteiger partial charge is 0.369 e. The zero-order valence-corrected chi connectivity index (χ0v) is 10.1. The third-order valence-corrected chi connectivity index (χ3v) is 4.40. The maximum Gasteiger partial charge on any atom is 0.224 e. The van der Waals surface area contributed by atoms with E-state index in [-0.39, 0.29) is 11.3 Å². The van der Waals surface area contributed by atoms with Crippen molar-refractivity contribution < 1.29 is 4.79 Å². The maximum absolute atomic E-state index is 11.7. The van der Waals surface area contributed by atoms with Crippen LogP contribution in [0.3, 0.4) is 0 Å². The Labute approximate surface area is 98.2 Å². The Morgan fingerprint density at radius 3 is 2.56 bits per heavy atom. The van der Waals surface area contributed by atoms with Gasteiger partial charge >= 0.3 is 0 Å². The van der Waals surface area contributed by atoms with E-state index in [0.29, 0.717) is 0 Å². The number of hydrogen-bond donors (Lipinski definition) is 2. The van der Waals surface area contributed by atoms with Crippen molar-refractivity contribution in [2.24, 2.45) is 17.1 Å². The Hall–Kier alpha value is -0.570. The SMILES string of the molecule is NC(=O)C1(CC2CCCCC2)CCCNC1. The summed E-state index contributed by atoms with van der Waals surface area (Å²) in [4.78, 5) is 11.7. The van der Waals surface area contributed by atoms with E-state index >= 15 is 0 Å². The summed E-state index contributed by atoms with van der Waals surface area (Å²) in [6, 6.07) is 0. The lowest BCUT2D eigenvalue weighted by Crippen LogP contribution is -2.49. The number of amides is 1. The third-order valence-electron chi connectivity index (χ3n) is 4.40. The second-order valence-electron chi connectivity index (χ2n) is 5.63. The van der Waals surface area contributed by atoms with Crippen LogP contribution in [0.15, 0.2) is 0 Å². The molecule has 1 atom stereocenters. The summed E-state index contributed by atoms with van der Waals surface area (Å²) in [6.07, 6.45) is 9.76. The molecule has 2 rings (SSSR count). The maximum atomic E-state index is 11.7.